The Balaban J connectivity index is 1.57. The van der Waals surface area contributed by atoms with E-state index in [0.717, 1.165) is 39.2 Å². The van der Waals surface area contributed by atoms with Crippen LogP contribution >= 0.6 is 11.3 Å². The molecule has 3 N–H and O–H groups in total. The Labute approximate surface area is 326 Å². The van der Waals surface area contributed by atoms with E-state index >= 15 is 9.59 Å². The first kappa shape index (κ1) is 39.2. The van der Waals surface area contributed by atoms with Crippen molar-refractivity contribution in [1.29, 1.82) is 0 Å². The summed E-state index contributed by atoms with van der Waals surface area (Å²) in [5.41, 5.74) is 9.38. The van der Waals surface area contributed by atoms with Gasteiger partial charge in [-0.15, -0.1) is 11.3 Å². The van der Waals surface area contributed by atoms with Crippen LogP contribution in [-0.2, 0) is 33.6 Å². The maximum absolute atomic E-state index is 15.8. The smallest absolute Gasteiger partial charge is 0.266 e. The minimum atomic E-state index is -2.67. The summed E-state index contributed by atoms with van der Waals surface area (Å²) in [5, 5.41) is 16.4. The van der Waals surface area contributed by atoms with E-state index in [1.165, 1.54) is 22.3 Å². The zero-order valence-electron chi connectivity index (χ0n) is 31.8. The van der Waals surface area contributed by atoms with E-state index in [1.807, 2.05) is 76.4 Å². The molecule has 0 bridgehead atoms. The molecule has 0 saturated carbocycles. The quantitative estimate of drug-likeness (QED) is 0.124. The normalized spacial score (nSPS) is 13.5. The van der Waals surface area contributed by atoms with Crippen molar-refractivity contribution < 1.29 is 19.1 Å². The number of benzene rings is 4. The zero-order chi connectivity index (χ0) is 39.3. The second kappa shape index (κ2) is 16.4. The van der Waals surface area contributed by atoms with Crippen molar-refractivity contribution >= 4 is 34.5 Å². The number of nitrogens with zero attached hydrogens (tertiary/aromatic N) is 4. The Bertz CT molecular complexity index is 2280. The molecular formula is C45H46FN5O3S. The van der Waals surface area contributed by atoms with Crippen molar-refractivity contribution in [1.82, 2.24) is 9.97 Å². The van der Waals surface area contributed by atoms with Gasteiger partial charge in [0.2, 0.25) is 0 Å². The number of rotatable bonds is 13. The fourth-order valence-corrected chi connectivity index (χ4v) is 7.55. The number of aryl methyl sites for hydroxylation is 5. The lowest BCUT2D eigenvalue weighted by molar-refractivity contribution is -0.156. The molecule has 10 heteroatoms. The molecule has 8 nitrogen and oxygen atoms in total. The predicted octanol–water partition coefficient (Wildman–Crippen LogP) is 7.81. The molecule has 0 unspecified atom stereocenters. The van der Waals surface area contributed by atoms with E-state index in [4.69, 9.17) is 5.73 Å². The van der Waals surface area contributed by atoms with Gasteiger partial charge in [-0.1, -0.05) is 72.8 Å². The first-order valence-corrected chi connectivity index (χ1v) is 19.1. The van der Waals surface area contributed by atoms with Crippen molar-refractivity contribution in [2.75, 3.05) is 22.9 Å². The Hall–Kier alpha value is -5.55. The Morgan fingerprint density at radius 1 is 0.709 bits per heavy atom. The number of hydrogen-bond acceptors (Lipinski definition) is 7. The molecule has 0 radical (unpaired) electrons. The SMILES string of the molecule is Cc1csc(CCN(C(=O)[C@](N)(c2ccccc2)[C@](O)(C(=O)N(CCc2ccc(F)cn2)c2ccc(C)c(C)c2)c2ccccc2)c2ccc(C)c(C)c2)n1. The zero-order valence-corrected chi connectivity index (χ0v) is 32.6. The van der Waals surface area contributed by atoms with Gasteiger partial charge < -0.3 is 20.6 Å². The lowest BCUT2D eigenvalue weighted by atomic mass is 9.69. The molecule has 4 aromatic carbocycles. The maximum Gasteiger partial charge on any atom is 0.266 e. The molecule has 6 aromatic rings. The minimum Gasteiger partial charge on any atom is -0.373 e. The van der Waals surface area contributed by atoms with E-state index in [2.05, 4.69) is 9.97 Å². The monoisotopic (exact) mass is 755 g/mol. The topological polar surface area (TPSA) is 113 Å². The third kappa shape index (κ3) is 7.98. The van der Waals surface area contributed by atoms with Gasteiger partial charge in [-0.25, -0.2) is 9.37 Å². The highest BCUT2D eigenvalue weighted by molar-refractivity contribution is 7.09. The van der Waals surface area contributed by atoms with Crippen LogP contribution in [0.15, 0.2) is 121 Å². The van der Waals surface area contributed by atoms with Crippen LogP contribution in [-0.4, -0.2) is 40.0 Å². The van der Waals surface area contributed by atoms with Gasteiger partial charge in [0.15, 0.2) is 11.1 Å². The van der Waals surface area contributed by atoms with Crippen LogP contribution in [0.1, 0.15) is 49.8 Å². The molecule has 2 aromatic heterocycles. The molecule has 2 atom stereocenters. The highest BCUT2D eigenvalue weighted by Gasteiger charge is 2.62. The van der Waals surface area contributed by atoms with E-state index in [-0.39, 0.29) is 30.6 Å². The number of carbonyl (C=O) groups excluding carboxylic acids is 2. The van der Waals surface area contributed by atoms with Crippen LogP contribution in [0, 0.1) is 40.4 Å². The molecule has 2 amide bonds. The fraction of sp³-hybridized carbons (Fsp3) is 0.244. The Morgan fingerprint density at radius 3 is 1.76 bits per heavy atom. The van der Waals surface area contributed by atoms with Gasteiger partial charge >= 0.3 is 0 Å². The summed E-state index contributed by atoms with van der Waals surface area (Å²) < 4.78 is 13.8. The lowest BCUT2D eigenvalue weighted by Crippen LogP contribution is -2.70. The number of pyridine rings is 1. The largest absolute Gasteiger partial charge is 0.373 e. The molecule has 2 heterocycles. The molecular weight excluding hydrogens is 710 g/mol. The minimum absolute atomic E-state index is 0.0401. The highest BCUT2D eigenvalue weighted by Crippen LogP contribution is 2.44. The maximum atomic E-state index is 15.8. The third-order valence-electron chi connectivity index (χ3n) is 10.3. The van der Waals surface area contributed by atoms with Crippen LogP contribution in [0.5, 0.6) is 0 Å². The first-order valence-electron chi connectivity index (χ1n) is 18.2. The molecule has 0 saturated heterocycles. The number of amides is 2. The van der Waals surface area contributed by atoms with Gasteiger partial charge in [0.05, 0.1) is 11.2 Å². The predicted molar refractivity (Wildman–Crippen MR) is 218 cm³/mol. The van der Waals surface area contributed by atoms with Crippen molar-refractivity contribution in [3.63, 3.8) is 0 Å². The van der Waals surface area contributed by atoms with Crippen LogP contribution in [0.3, 0.4) is 0 Å². The molecule has 0 spiro atoms. The summed E-state index contributed by atoms with van der Waals surface area (Å²) >= 11 is 1.51. The second-order valence-corrected chi connectivity index (χ2v) is 15.0. The average molecular weight is 756 g/mol. The molecule has 0 fully saturated rings. The van der Waals surface area contributed by atoms with Gasteiger partial charge in [0.25, 0.3) is 11.8 Å². The van der Waals surface area contributed by atoms with Crippen LogP contribution in [0.25, 0.3) is 0 Å². The molecule has 6 rings (SSSR count). The van der Waals surface area contributed by atoms with Crippen LogP contribution < -0.4 is 15.5 Å². The molecule has 282 valence electrons. The summed E-state index contributed by atoms with van der Waals surface area (Å²) in [4.78, 5) is 43.4. The summed E-state index contributed by atoms with van der Waals surface area (Å²) in [6.45, 7) is 10.0. The first-order chi connectivity index (χ1) is 26.3. The fourth-order valence-electron chi connectivity index (χ4n) is 6.78. The number of carbonyl (C=O) groups is 2. The van der Waals surface area contributed by atoms with Gasteiger partial charge in [0, 0.05) is 54.1 Å². The summed E-state index contributed by atoms with van der Waals surface area (Å²) in [6.07, 6.45) is 1.77. The Kier molecular flexibility index (Phi) is 11.7. The van der Waals surface area contributed by atoms with Crippen LogP contribution in [0.4, 0.5) is 15.8 Å². The number of nitrogens with two attached hydrogens (primary N) is 1. The standard InChI is InChI=1S/C45H46FN5O3S/c1-30-16-20-39(26-32(30)3)50(25-23-41-49-34(5)29-55-41)42(52)44(47,35-12-8-6-9-13-35)45(54,36-14-10-7-11-15-36)43(53)51(40-21-17-31(2)33(4)27-40)24-22-38-19-18-37(46)28-48-38/h6-21,26-29,54H,22-25,47H2,1-5H3/t44-,45-/m1/s1. The summed E-state index contributed by atoms with van der Waals surface area (Å²) in [7, 11) is 0. The molecule has 0 aliphatic carbocycles. The second-order valence-electron chi connectivity index (χ2n) is 14.1. The number of anilines is 2. The van der Waals surface area contributed by atoms with E-state index < -0.39 is 28.8 Å². The Morgan fingerprint density at radius 2 is 1.25 bits per heavy atom. The van der Waals surface area contributed by atoms with Crippen molar-refractivity contribution in [2.24, 2.45) is 5.73 Å². The number of thiazole rings is 1. The lowest BCUT2D eigenvalue weighted by Gasteiger charge is -2.47. The van der Waals surface area contributed by atoms with Gasteiger partial charge in [0.1, 0.15) is 5.82 Å². The molecule has 0 aliphatic rings. The highest BCUT2D eigenvalue weighted by atomic mass is 32.1. The van der Waals surface area contributed by atoms with Gasteiger partial charge in [-0.05, 0) is 104 Å². The van der Waals surface area contributed by atoms with Crippen molar-refractivity contribution in [2.45, 2.75) is 58.6 Å². The van der Waals surface area contributed by atoms with E-state index in [0.29, 0.717) is 23.5 Å². The summed E-state index contributed by atoms with van der Waals surface area (Å²) in [5.74, 6) is -1.95. The van der Waals surface area contributed by atoms with Gasteiger partial charge in [-0.3, -0.25) is 14.6 Å². The van der Waals surface area contributed by atoms with Crippen molar-refractivity contribution in [3.05, 3.63) is 176 Å². The number of hydrogen-bond donors (Lipinski definition) is 2. The number of aliphatic hydroxyl groups is 1. The number of halogens is 1. The van der Waals surface area contributed by atoms with Crippen LogP contribution in [0.2, 0.25) is 0 Å². The van der Waals surface area contributed by atoms with E-state index in [9.17, 15) is 9.50 Å². The van der Waals surface area contributed by atoms with Crippen molar-refractivity contribution in [3.8, 4) is 0 Å². The molecule has 55 heavy (non-hydrogen) atoms. The third-order valence-corrected chi connectivity index (χ3v) is 11.4. The summed E-state index contributed by atoms with van der Waals surface area (Å²) in [6, 6.07) is 31.2. The number of aromatic nitrogens is 2. The molecule has 0 aliphatic heterocycles. The van der Waals surface area contributed by atoms with E-state index in [1.54, 1.807) is 71.6 Å². The average Bonchev–Trinajstić information content (AvgIpc) is 3.62. The van der Waals surface area contributed by atoms with Gasteiger partial charge in [-0.2, -0.15) is 0 Å².